The summed E-state index contributed by atoms with van der Waals surface area (Å²) < 4.78 is 9.82. The summed E-state index contributed by atoms with van der Waals surface area (Å²) in [5, 5.41) is 0.576. The zero-order chi connectivity index (χ0) is 10.1. The van der Waals surface area contributed by atoms with Crippen molar-refractivity contribution >= 4 is 23.2 Å². The van der Waals surface area contributed by atoms with Crippen LogP contribution in [-0.2, 0) is 14.3 Å². The molecule has 0 aliphatic rings. The number of thiocarbonyl (C=S) groups is 1. The second kappa shape index (κ2) is 7.98. The zero-order valence-corrected chi connectivity index (χ0v) is 8.99. The van der Waals surface area contributed by atoms with E-state index in [9.17, 15) is 4.79 Å². The molecule has 3 nitrogen and oxygen atoms in total. The fraction of sp³-hybridized carbons (Fsp3) is 0.778. The molecule has 0 bridgehead atoms. The summed E-state index contributed by atoms with van der Waals surface area (Å²) in [7, 11) is 0. The molecule has 4 heteroatoms. The summed E-state index contributed by atoms with van der Waals surface area (Å²) in [5.41, 5.74) is 0. The molecule has 0 amide bonds. The van der Waals surface area contributed by atoms with E-state index in [1.807, 2.05) is 6.92 Å². The lowest BCUT2D eigenvalue weighted by atomic mass is 10.2. The Morgan fingerprint density at radius 2 is 1.77 bits per heavy atom. The Bertz CT molecular complexity index is 150. The van der Waals surface area contributed by atoms with Crippen molar-refractivity contribution in [3.8, 4) is 0 Å². The van der Waals surface area contributed by atoms with Crippen molar-refractivity contribution in [2.24, 2.45) is 0 Å². The highest BCUT2D eigenvalue weighted by atomic mass is 32.1. The van der Waals surface area contributed by atoms with E-state index >= 15 is 0 Å². The number of carbonyl (C=O) groups excluding carboxylic acids is 1. The molecule has 0 unspecified atom stereocenters. The summed E-state index contributed by atoms with van der Waals surface area (Å²) in [6, 6.07) is 0. The molecule has 0 fully saturated rings. The van der Waals surface area contributed by atoms with Gasteiger partial charge in [0.15, 0.2) is 5.05 Å². The van der Waals surface area contributed by atoms with Crippen molar-refractivity contribution in [2.75, 3.05) is 13.2 Å². The van der Waals surface area contributed by atoms with E-state index in [-0.39, 0.29) is 5.97 Å². The van der Waals surface area contributed by atoms with Gasteiger partial charge in [0.2, 0.25) is 0 Å². The molecule has 0 aromatic heterocycles. The van der Waals surface area contributed by atoms with E-state index < -0.39 is 0 Å². The van der Waals surface area contributed by atoms with Crippen LogP contribution >= 0.6 is 12.2 Å². The molecule has 0 saturated carbocycles. The van der Waals surface area contributed by atoms with Crippen LogP contribution in [0, 0.1) is 0 Å². The summed E-state index contributed by atoms with van der Waals surface area (Å²) in [6.07, 6.45) is 1.78. The summed E-state index contributed by atoms with van der Waals surface area (Å²) in [4.78, 5) is 10.9. The normalized spacial score (nSPS) is 9.38. The molecule has 0 rings (SSSR count). The predicted octanol–water partition coefficient (Wildman–Crippen LogP) is 2.08. The Morgan fingerprint density at radius 3 is 2.31 bits per heavy atom. The zero-order valence-electron chi connectivity index (χ0n) is 8.17. The summed E-state index contributed by atoms with van der Waals surface area (Å²) >= 11 is 4.90. The van der Waals surface area contributed by atoms with Crippen LogP contribution < -0.4 is 0 Å². The Balaban J connectivity index is 3.33. The van der Waals surface area contributed by atoms with Gasteiger partial charge in [-0.15, -0.1) is 0 Å². The molecule has 0 aliphatic carbocycles. The SMILES string of the molecule is CCOC(=O)CCCC(=S)OCC. The summed E-state index contributed by atoms with van der Waals surface area (Å²) in [6.45, 7) is 4.72. The van der Waals surface area contributed by atoms with Crippen LogP contribution in [0.1, 0.15) is 33.1 Å². The quantitative estimate of drug-likeness (QED) is 0.490. The third-order valence-corrected chi connectivity index (χ3v) is 1.69. The molecule has 0 spiro atoms. The maximum Gasteiger partial charge on any atom is 0.305 e. The van der Waals surface area contributed by atoms with E-state index in [1.54, 1.807) is 6.92 Å². The van der Waals surface area contributed by atoms with Crippen molar-refractivity contribution in [3.63, 3.8) is 0 Å². The Morgan fingerprint density at radius 1 is 1.15 bits per heavy atom. The lowest BCUT2D eigenvalue weighted by molar-refractivity contribution is -0.143. The molecule has 0 saturated heterocycles. The van der Waals surface area contributed by atoms with Crippen molar-refractivity contribution in [1.29, 1.82) is 0 Å². The van der Waals surface area contributed by atoms with Crippen LogP contribution in [0.15, 0.2) is 0 Å². The first kappa shape index (κ1) is 12.4. The van der Waals surface area contributed by atoms with E-state index in [0.717, 1.165) is 0 Å². The van der Waals surface area contributed by atoms with Gasteiger partial charge in [-0.3, -0.25) is 4.79 Å². The predicted molar refractivity (Wildman–Crippen MR) is 54.7 cm³/mol. The molecule has 0 N–H and O–H groups in total. The van der Waals surface area contributed by atoms with Gasteiger partial charge in [-0.05, 0) is 32.5 Å². The molecule has 0 radical (unpaired) electrons. The van der Waals surface area contributed by atoms with E-state index in [1.165, 1.54) is 0 Å². The molecule has 0 aliphatic heterocycles. The number of carbonyl (C=O) groups is 1. The lowest BCUT2D eigenvalue weighted by Gasteiger charge is -2.04. The first-order valence-corrected chi connectivity index (χ1v) is 4.92. The van der Waals surface area contributed by atoms with Gasteiger partial charge in [-0.25, -0.2) is 0 Å². The van der Waals surface area contributed by atoms with Crippen LogP contribution in [0.2, 0.25) is 0 Å². The van der Waals surface area contributed by atoms with Crippen LogP contribution in [0.3, 0.4) is 0 Å². The van der Waals surface area contributed by atoms with Gasteiger partial charge in [-0.1, -0.05) is 0 Å². The van der Waals surface area contributed by atoms with Gasteiger partial charge >= 0.3 is 5.97 Å². The van der Waals surface area contributed by atoms with Gasteiger partial charge < -0.3 is 9.47 Å². The Kier molecular flexibility index (Phi) is 7.59. The molecule has 13 heavy (non-hydrogen) atoms. The van der Waals surface area contributed by atoms with Gasteiger partial charge in [0.05, 0.1) is 13.2 Å². The highest BCUT2D eigenvalue weighted by Gasteiger charge is 2.02. The van der Waals surface area contributed by atoms with Crippen LogP contribution in [0.5, 0.6) is 0 Å². The van der Waals surface area contributed by atoms with E-state index in [4.69, 9.17) is 21.7 Å². The third-order valence-electron chi connectivity index (χ3n) is 1.37. The fourth-order valence-corrected chi connectivity index (χ4v) is 1.11. The van der Waals surface area contributed by atoms with Crippen molar-refractivity contribution < 1.29 is 14.3 Å². The first-order chi connectivity index (χ1) is 6.20. The van der Waals surface area contributed by atoms with Crippen LogP contribution in [0.4, 0.5) is 0 Å². The average Bonchev–Trinajstić information content (AvgIpc) is 2.05. The smallest absolute Gasteiger partial charge is 0.305 e. The second-order valence-corrected chi connectivity index (χ2v) is 2.92. The number of ether oxygens (including phenoxy) is 2. The molecule has 0 atom stereocenters. The fourth-order valence-electron chi connectivity index (χ4n) is 0.843. The highest BCUT2D eigenvalue weighted by Crippen LogP contribution is 2.01. The molecule has 0 aromatic rings. The maximum atomic E-state index is 10.9. The maximum absolute atomic E-state index is 10.9. The molecular weight excluding hydrogens is 188 g/mol. The molecule has 0 heterocycles. The van der Waals surface area contributed by atoms with E-state index in [0.29, 0.717) is 37.5 Å². The number of hydrogen-bond donors (Lipinski definition) is 0. The van der Waals surface area contributed by atoms with Crippen LogP contribution in [0.25, 0.3) is 0 Å². The molecular formula is C9H16O3S. The minimum Gasteiger partial charge on any atom is -0.487 e. The van der Waals surface area contributed by atoms with Gasteiger partial charge in [-0.2, -0.15) is 0 Å². The Hall–Kier alpha value is -0.640. The highest BCUT2D eigenvalue weighted by molar-refractivity contribution is 7.80. The van der Waals surface area contributed by atoms with Gasteiger partial charge in [0.1, 0.15) is 0 Å². The van der Waals surface area contributed by atoms with Crippen molar-refractivity contribution in [2.45, 2.75) is 33.1 Å². The first-order valence-electron chi connectivity index (χ1n) is 4.52. The summed E-state index contributed by atoms with van der Waals surface area (Å²) in [5.74, 6) is -0.165. The van der Waals surface area contributed by atoms with Gasteiger partial charge in [0, 0.05) is 12.8 Å². The minimum absolute atomic E-state index is 0.165. The molecule has 76 valence electrons. The Labute approximate surface area is 84.4 Å². The van der Waals surface area contributed by atoms with E-state index in [2.05, 4.69) is 0 Å². The number of hydrogen-bond acceptors (Lipinski definition) is 4. The number of rotatable bonds is 6. The second-order valence-electron chi connectivity index (χ2n) is 2.46. The lowest BCUT2D eigenvalue weighted by Crippen LogP contribution is -2.06. The monoisotopic (exact) mass is 204 g/mol. The van der Waals surface area contributed by atoms with Crippen LogP contribution in [-0.4, -0.2) is 24.2 Å². The standard InChI is InChI=1S/C9H16O3S/c1-3-11-8(10)6-5-7-9(13)12-4-2/h3-7H2,1-2H3. The van der Waals surface area contributed by atoms with Crippen molar-refractivity contribution in [1.82, 2.24) is 0 Å². The average molecular weight is 204 g/mol. The number of esters is 1. The van der Waals surface area contributed by atoms with Gasteiger partial charge in [0.25, 0.3) is 0 Å². The van der Waals surface area contributed by atoms with Crippen molar-refractivity contribution in [3.05, 3.63) is 0 Å². The third kappa shape index (κ3) is 7.71. The minimum atomic E-state index is -0.165. The topological polar surface area (TPSA) is 35.5 Å². The molecule has 0 aromatic carbocycles. The largest absolute Gasteiger partial charge is 0.487 e.